The number of furan rings is 1. The highest BCUT2D eigenvalue weighted by molar-refractivity contribution is 7.80. The molecule has 0 unspecified atom stereocenters. The van der Waals surface area contributed by atoms with Gasteiger partial charge in [0.2, 0.25) is 0 Å². The lowest BCUT2D eigenvalue weighted by Gasteiger charge is -2.30. The Morgan fingerprint density at radius 2 is 2.10 bits per heavy atom. The van der Waals surface area contributed by atoms with Crippen LogP contribution >= 0.6 is 12.2 Å². The van der Waals surface area contributed by atoms with E-state index in [1.807, 2.05) is 19.1 Å². The highest BCUT2D eigenvalue weighted by Gasteiger charge is 2.19. The van der Waals surface area contributed by atoms with Gasteiger partial charge in [0.25, 0.3) is 0 Å². The normalized spacial score (nSPS) is 15.0. The molecule has 6 heteroatoms. The number of aromatic amines is 1. The molecule has 0 atom stereocenters. The van der Waals surface area contributed by atoms with Gasteiger partial charge < -0.3 is 19.6 Å². The number of aromatic nitrogens is 1. The molecule has 0 amide bonds. The molecule has 1 saturated carbocycles. The number of fused-ring (bicyclic) bond motifs is 1. The molecule has 1 aliphatic carbocycles. The SMILES string of the molecule is Cc1[nH]c2ccc(F)cc2c1CCN(Cc1ccco1)C(=S)NC1CCCCC1. The Balaban J connectivity index is 1.50. The van der Waals surface area contributed by atoms with Gasteiger partial charge in [-0.25, -0.2) is 4.39 Å². The Hall–Kier alpha value is -2.34. The molecule has 0 bridgehead atoms. The number of nitrogens with zero attached hydrogens (tertiary/aromatic N) is 1. The molecule has 0 aliphatic heterocycles. The summed E-state index contributed by atoms with van der Waals surface area (Å²) in [6.45, 7) is 3.41. The lowest BCUT2D eigenvalue weighted by molar-refractivity contribution is 0.342. The zero-order chi connectivity index (χ0) is 20.2. The van der Waals surface area contributed by atoms with Crippen LogP contribution in [0, 0.1) is 12.7 Å². The van der Waals surface area contributed by atoms with Gasteiger partial charge in [-0.3, -0.25) is 0 Å². The van der Waals surface area contributed by atoms with Gasteiger partial charge in [-0.1, -0.05) is 19.3 Å². The van der Waals surface area contributed by atoms with Crippen molar-refractivity contribution in [2.24, 2.45) is 0 Å². The Kier molecular flexibility index (Phi) is 6.19. The summed E-state index contributed by atoms with van der Waals surface area (Å²) >= 11 is 5.78. The van der Waals surface area contributed by atoms with Crippen LogP contribution < -0.4 is 5.32 Å². The molecule has 0 radical (unpaired) electrons. The molecule has 3 aromatic rings. The van der Waals surface area contributed by atoms with E-state index in [9.17, 15) is 4.39 Å². The van der Waals surface area contributed by atoms with Crippen LogP contribution in [-0.4, -0.2) is 27.6 Å². The van der Waals surface area contributed by atoms with E-state index in [0.29, 0.717) is 12.6 Å². The monoisotopic (exact) mass is 413 g/mol. The van der Waals surface area contributed by atoms with Crippen molar-refractivity contribution in [2.75, 3.05) is 6.54 Å². The maximum atomic E-state index is 13.8. The minimum Gasteiger partial charge on any atom is -0.467 e. The van der Waals surface area contributed by atoms with E-state index in [1.54, 1.807) is 18.4 Å². The summed E-state index contributed by atoms with van der Waals surface area (Å²) in [6.07, 6.45) is 8.67. The van der Waals surface area contributed by atoms with Gasteiger partial charge in [0.15, 0.2) is 5.11 Å². The molecule has 1 fully saturated rings. The average molecular weight is 414 g/mol. The molecular formula is C23H28FN3OS. The van der Waals surface area contributed by atoms with Gasteiger partial charge in [-0.15, -0.1) is 0 Å². The Bertz CT molecular complexity index is 960. The Labute approximate surface area is 176 Å². The third-order valence-corrected chi connectivity index (χ3v) is 6.24. The lowest BCUT2D eigenvalue weighted by Crippen LogP contribution is -2.45. The van der Waals surface area contributed by atoms with E-state index in [1.165, 1.54) is 38.2 Å². The Morgan fingerprint density at radius 1 is 1.28 bits per heavy atom. The number of aryl methyl sites for hydroxylation is 1. The first-order valence-electron chi connectivity index (χ1n) is 10.4. The summed E-state index contributed by atoms with van der Waals surface area (Å²) in [6, 6.07) is 9.24. The van der Waals surface area contributed by atoms with Crippen molar-refractivity contribution in [1.82, 2.24) is 15.2 Å². The first-order valence-corrected chi connectivity index (χ1v) is 10.9. The van der Waals surface area contributed by atoms with Crippen LogP contribution in [0.2, 0.25) is 0 Å². The van der Waals surface area contributed by atoms with Crippen LogP contribution in [0.4, 0.5) is 4.39 Å². The number of benzene rings is 1. The lowest BCUT2D eigenvalue weighted by atomic mass is 9.96. The summed E-state index contributed by atoms with van der Waals surface area (Å²) in [5.41, 5.74) is 3.19. The summed E-state index contributed by atoms with van der Waals surface area (Å²) in [7, 11) is 0. The molecule has 1 aliphatic rings. The molecule has 2 heterocycles. The number of nitrogens with one attached hydrogen (secondary N) is 2. The summed E-state index contributed by atoms with van der Waals surface area (Å²) in [5.74, 6) is 0.680. The second-order valence-corrected chi connectivity index (χ2v) is 8.34. The molecule has 0 saturated heterocycles. The topological polar surface area (TPSA) is 44.2 Å². The molecular weight excluding hydrogens is 385 g/mol. The predicted octanol–water partition coefficient (Wildman–Crippen LogP) is 5.46. The van der Waals surface area contributed by atoms with Crippen LogP contribution in [0.1, 0.15) is 49.1 Å². The fraction of sp³-hybridized carbons (Fsp3) is 0.435. The van der Waals surface area contributed by atoms with Crippen molar-refractivity contribution in [2.45, 2.75) is 58.0 Å². The highest BCUT2D eigenvalue weighted by atomic mass is 32.1. The van der Waals surface area contributed by atoms with E-state index >= 15 is 0 Å². The summed E-state index contributed by atoms with van der Waals surface area (Å²) in [5, 5.41) is 5.30. The quantitative estimate of drug-likeness (QED) is 0.527. The number of hydrogen-bond acceptors (Lipinski definition) is 2. The fourth-order valence-electron chi connectivity index (χ4n) is 4.28. The zero-order valence-corrected chi connectivity index (χ0v) is 17.7. The van der Waals surface area contributed by atoms with Crippen LogP contribution in [-0.2, 0) is 13.0 Å². The maximum absolute atomic E-state index is 13.8. The maximum Gasteiger partial charge on any atom is 0.169 e. The number of rotatable bonds is 6. The molecule has 4 rings (SSSR count). The van der Waals surface area contributed by atoms with Gasteiger partial charge in [0, 0.05) is 29.2 Å². The third-order valence-electron chi connectivity index (χ3n) is 5.86. The van der Waals surface area contributed by atoms with E-state index in [0.717, 1.165) is 46.0 Å². The van der Waals surface area contributed by atoms with Gasteiger partial charge >= 0.3 is 0 Å². The molecule has 1 aromatic carbocycles. The second kappa shape index (κ2) is 8.99. The van der Waals surface area contributed by atoms with Crippen LogP contribution in [0.5, 0.6) is 0 Å². The molecule has 0 spiro atoms. The van der Waals surface area contributed by atoms with Crippen molar-refractivity contribution in [1.29, 1.82) is 0 Å². The van der Waals surface area contributed by atoms with E-state index in [-0.39, 0.29) is 5.82 Å². The van der Waals surface area contributed by atoms with Crippen molar-refractivity contribution < 1.29 is 8.81 Å². The Morgan fingerprint density at radius 3 is 2.86 bits per heavy atom. The predicted molar refractivity (Wildman–Crippen MR) is 118 cm³/mol. The first-order chi connectivity index (χ1) is 14.1. The first kappa shape index (κ1) is 20.0. The minimum absolute atomic E-state index is 0.209. The molecule has 29 heavy (non-hydrogen) atoms. The van der Waals surface area contributed by atoms with Gasteiger partial charge in [-0.2, -0.15) is 0 Å². The largest absolute Gasteiger partial charge is 0.467 e. The minimum atomic E-state index is -0.209. The average Bonchev–Trinajstić information content (AvgIpc) is 3.33. The van der Waals surface area contributed by atoms with Crippen molar-refractivity contribution in [3.63, 3.8) is 0 Å². The van der Waals surface area contributed by atoms with Gasteiger partial charge in [-0.05, 0) is 74.3 Å². The van der Waals surface area contributed by atoms with Gasteiger partial charge in [0.1, 0.15) is 11.6 Å². The third kappa shape index (κ3) is 4.81. The zero-order valence-electron chi connectivity index (χ0n) is 16.8. The summed E-state index contributed by atoms with van der Waals surface area (Å²) < 4.78 is 19.4. The highest BCUT2D eigenvalue weighted by Crippen LogP contribution is 2.24. The molecule has 4 nitrogen and oxygen atoms in total. The smallest absolute Gasteiger partial charge is 0.169 e. The van der Waals surface area contributed by atoms with E-state index < -0.39 is 0 Å². The van der Waals surface area contributed by atoms with Crippen LogP contribution in [0.15, 0.2) is 41.0 Å². The standard InChI is InChI=1S/C23H28FN3OS/c1-16-20(21-14-17(24)9-10-22(21)25-16)11-12-27(15-19-8-5-13-28-19)23(29)26-18-6-3-2-4-7-18/h5,8-10,13-14,18,25H,2-4,6-7,11-12,15H2,1H3,(H,26,29). The van der Waals surface area contributed by atoms with E-state index in [2.05, 4.69) is 15.2 Å². The van der Waals surface area contributed by atoms with Crippen molar-refractivity contribution in [3.05, 3.63) is 59.4 Å². The van der Waals surface area contributed by atoms with Crippen molar-refractivity contribution in [3.8, 4) is 0 Å². The number of halogens is 1. The van der Waals surface area contributed by atoms with Crippen LogP contribution in [0.3, 0.4) is 0 Å². The number of H-pyrrole nitrogens is 1. The summed E-state index contributed by atoms with van der Waals surface area (Å²) in [4.78, 5) is 5.53. The number of thiocarbonyl (C=S) groups is 1. The number of hydrogen-bond donors (Lipinski definition) is 2. The molecule has 2 aromatic heterocycles. The fourth-order valence-corrected chi connectivity index (χ4v) is 4.60. The molecule has 2 N–H and O–H groups in total. The molecule has 154 valence electrons. The van der Waals surface area contributed by atoms with Crippen LogP contribution in [0.25, 0.3) is 10.9 Å². The second-order valence-electron chi connectivity index (χ2n) is 7.95. The van der Waals surface area contributed by atoms with Crippen molar-refractivity contribution >= 4 is 28.2 Å². The van der Waals surface area contributed by atoms with E-state index in [4.69, 9.17) is 16.6 Å². The van der Waals surface area contributed by atoms with Gasteiger partial charge in [0.05, 0.1) is 12.8 Å².